The number of nitrogens with one attached hydrogen (secondary N) is 2. The number of phenols is 1. The van der Waals surface area contributed by atoms with Crippen molar-refractivity contribution < 1.29 is 19.8 Å². The summed E-state index contributed by atoms with van der Waals surface area (Å²) in [6.07, 6.45) is 3.23. The zero-order valence-electron chi connectivity index (χ0n) is 13.4. The SMILES string of the molecule is CSCCC(NC(=O)/C(C#N)=C\Nc1cc(C)ccc1O)C(=O)O. The van der Waals surface area contributed by atoms with E-state index >= 15 is 0 Å². The summed E-state index contributed by atoms with van der Waals surface area (Å²) >= 11 is 1.46. The Morgan fingerprint density at radius 3 is 2.75 bits per heavy atom. The minimum atomic E-state index is -1.15. The van der Waals surface area contributed by atoms with Gasteiger partial charge < -0.3 is 20.8 Å². The Morgan fingerprint density at radius 1 is 1.46 bits per heavy atom. The monoisotopic (exact) mass is 349 g/mol. The Hall–Kier alpha value is -2.66. The normalized spacial score (nSPS) is 12.1. The predicted octanol–water partition coefficient (Wildman–Crippen LogP) is 1.84. The predicted molar refractivity (Wildman–Crippen MR) is 92.7 cm³/mol. The van der Waals surface area contributed by atoms with E-state index in [4.69, 9.17) is 10.4 Å². The zero-order valence-corrected chi connectivity index (χ0v) is 14.2. The number of nitriles is 1. The molecule has 0 aliphatic rings. The van der Waals surface area contributed by atoms with Crippen LogP contribution in [-0.4, -0.2) is 40.1 Å². The number of rotatable bonds is 8. The Bertz CT molecular complexity index is 682. The number of amides is 1. The van der Waals surface area contributed by atoms with Crippen LogP contribution in [0.5, 0.6) is 5.75 Å². The summed E-state index contributed by atoms with van der Waals surface area (Å²) in [7, 11) is 0. The number of carboxylic acid groups (broad SMARTS) is 1. The molecule has 128 valence electrons. The van der Waals surface area contributed by atoms with Gasteiger partial charge in [-0.1, -0.05) is 6.07 Å². The third kappa shape index (κ3) is 5.85. The van der Waals surface area contributed by atoms with Crippen LogP contribution in [0.15, 0.2) is 30.0 Å². The lowest BCUT2D eigenvalue weighted by molar-refractivity contribution is -0.141. The van der Waals surface area contributed by atoms with Gasteiger partial charge in [-0.3, -0.25) is 4.79 Å². The molecule has 0 heterocycles. The van der Waals surface area contributed by atoms with Crippen LogP contribution in [0.4, 0.5) is 5.69 Å². The van der Waals surface area contributed by atoms with Gasteiger partial charge in [0, 0.05) is 6.20 Å². The first-order valence-electron chi connectivity index (χ1n) is 7.08. The molecule has 0 aromatic heterocycles. The van der Waals surface area contributed by atoms with E-state index in [9.17, 15) is 14.7 Å². The van der Waals surface area contributed by atoms with Crippen LogP contribution < -0.4 is 10.6 Å². The fraction of sp³-hybridized carbons (Fsp3) is 0.312. The Kier molecular flexibility index (Phi) is 7.65. The molecule has 0 saturated carbocycles. The maximum atomic E-state index is 12.1. The molecule has 0 aliphatic carbocycles. The molecule has 0 fully saturated rings. The van der Waals surface area contributed by atoms with Gasteiger partial charge in [-0.2, -0.15) is 17.0 Å². The quantitative estimate of drug-likeness (QED) is 0.321. The van der Waals surface area contributed by atoms with Crippen molar-refractivity contribution in [3.05, 3.63) is 35.5 Å². The number of aryl methyl sites for hydroxylation is 1. The van der Waals surface area contributed by atoms with Gasteiger partial charge >= 0.3 is 5.97 Å². The zero-order chi connectivity index (χ0) is 18.1. The third-order valence-electron chi connectivity index (χ3n) is 3.10. The number of carboxylic acids is 1. The number of carbonyl (C=O) groups excluding carboxylic acids is 1. The number of hydrogen-bond acceptors (Lipinski definition) is 6. The molecular formula is C16H19N3O4S. The lowest BCUT2D eigenvalue weighted by Crippen LogP contribution is -2.41. The average Bonchev–Trinajstić information content (AvgIpc) is 2.54. The maximum Gasteiger partial charge on any atom is 0.326 e. The molecule has 4 N–H and O–H groups in total. The largest absolute Gasteiger partial charge is 0.506 e. The summed E-state index contributed by atoms with van der Waals surface area (Å²) in [6.45, 7) is 1.83. The molecular weight excluding hydrogens is 330 g/mol. The highest BCUT2D eigenvalue weighted by molar-refractivity contribution is 7.98. The van der Waals surface area contributed by atoms with Crippen LogP contribution in [-0.2, 0) is 9.59 Å². The first kappa shape index (κ1) is 19.4. The number of nitrogens with zero attached hydrogens (tertiary/aromatic N) is 1. The summed E-state index contributed by atoms with van der Waals surface area (Å²) in [4.78, 5) is 23.2. The minimum absolute atomic E-state index is 0.0297. The molecule has 1 aromatic rings. The summed E-state index contributed by atoms with van der Waals surface area (Å²) in [5.74, 6) is -1.40. The summed E-state index contributed by atoms with van der Waals surface area (Å²) in [5, 5.41) is 32.9. The van der Waals surface area contributed by atoms with Crippen LogP contribution >= 0.6 is 11.8 Å². The first-order valence-corrected chi connectivity index (χ1v) is 8.47. The average molecular weight is 349 g/mol. The molecule has 0 spiro atoms. The van der Waals surface area contributed by atoms with E-state index in [0.717, 1.165) is 11.8 Å². The molecule has 0 aliphatic heterocycles. The highest BCUT2D eigenvalue weighted by atomic mass is 32.2. The van der Waals surface area contributed by atoms with Crippen LogP contribution in [0.1, 0.15) is 12.0 Å². The van der Waals surface area contributed by atoms with E-state index in [1.165, 1.54) is 17.8 Å². The molecule has 0 saturated heterocycles. The van der Waals surface area contributed by atoms with E-state index < -0.39 is 17.9 Å². The molecule has 1 aromatic carbocycles. The number of thioether (sulfide) groups is 1. The summed E-state index contributed by atoms with van der Waals surface area (Å²) in [6, 6.07) is 5.50. The van der Waals surface area contributed by atoms with Crippen LogP contribution in [0.25, 0.3) is 0 Å². The second-order valence-corrected chi connectivity index (χ2v) is 5.97. The summed E-state index contributed by atoms with van der Waals surface area (Å²) in [5.41, 5.74) is 0.939. The number of aliphatic carboxylic acids is 1. The molecule has 7 nitrogen and oxygen atoms in total. The minimum Gasteiger partial charge on any atom is -0.506 e. The number of aromatic hydroxyl groups is 1. The van der Waals surface area contributed by atoms with Gasteiger partial charge in [0.25, 0.3) is 5.91 Å². The highest BCUT2D eigenvalue weighted by Gasteiger charge is 2.21. The molecule has 1 atom stereocenters. The number of carbonyl (C=O) groups is 2. The van der Waals surface area contributed by atoms with Crippen molar-refractivity contribution in [1.29, 1.82) is 5.26 Å². The van der Waals surface area contributed by atoms with Crippen molar-refractivity contribution in [3.63, 3.8) is 0 Å². The van der Waals surface area contributed by atoms with Crippen LogP contribution in [0.2, 0.25) is 0 Å². The number of benzene rings is 1. The van der Waals surface area contributed by atoms with E-state index in [1.807, 2.05) is 13.2 Å². The Morgan fingerprint density at radius 2 is 2.17 bits per heavy atom. The molecule has 8 heteroatoms. The molecule has 0 bridgehead atoms. The van der Waals surface area contributed by atoms with Gasteiger partial charge in [0.2, 0.25) is 0 Å². The number of hydrogen-bond donors (Lipinski definition) is 4. The van der Waals surface area contributed by atoms with Crippen LogP contribution in [0.3, 0.4) is 0 Å². The smallest absolute Gasteiger partial charge is 0.326 e. The van der Waals surface area contributed by atoms with E-state index in [0.29, 0.717) is 11.4 Å². The maximum absolute atomic E-state index is 12.1. The van der Waals surface area contributed by atoms with E-state index in [1.54, 1.807) is 18.2 Å². The molecule has 1 amide bonds. The van der Waals surface area contributed by atoms with Crippen molar-refractivity contribution >= 4 is 29.3 Å². The highest BCUT2D eigenvalue weighted by Crippen LogP contribution is 2.23. The van der Waals surface area contributed by atoms with Gasteiger partial charge in [-0.25, -0.2) is 4.79 Å². The lowest BCUT2D eigenvalue weighted by atomic mass is 10.2. The first-order chi connectivity index (χ1) is 11.4. The lowest BCUT2D eigenvalue weighted by Gasteiger charge is -2.13. The van der Waals surface area contributed by atoms with Gasteiger partial charge in [0.05, 0.1) is 5.69 Å². The van der Waals surface area contributed by atoms with Gasteiger partial charge in [0.1, 0.15) is 23.4 Å². The topological polar surface area (TPSA) is 122 Å². The number of anilines is 1. The molecule has 1 unspecified atom stereocenters. The van der Waals surface area contributed by atoms with Gasteiger partial charge in [-0.15, -0.1) is 0 Å². The second-order valence-electron chi connectivity index (χ2n) is 4.98. The fourth-order valence-electron chi connectivity index (χ4n) is 1.79. The van der Waals surface area contributed by atoms with Gasteiger partial charge in [-0.05, 0) is 43.0 Å². The fourth-order valence-corrected chi connectivity index (χ4v) is 2.26. The van der Waals surface area contributed by atoms with Crippen molar-refractivity contribution in [2.24, 2.45) is 0 Å². The molecule has 0 radical (unpaired) electrons. The second kappa shape index (κ2) is 9.47. The van der Waals surface area contributed by atoms with Crippen molar-refractivity contribution in [2.75, 3.05) is 17.3 Å². The van der Waals surface area contributed by atoms with Crippen molar-refractivity contribution in [1.82, 2.24) is 5.32 Å². The third-order valence-corrected chi connectivity index (χ3v) is 3.75. The van der Waals surface area contributed by atoms with E-state index in [2.05, 4.69) is 10.6 Å². The van der Waals surface area contributed by atoms with E-state index in [-0.39, 0.29) is 17.7 Å². The van der Waals surface area contributed by atoms with Crippen molar-refractivity contribution in [3.8, 4) is 11.8 Å². The van der Waals surface area contributed by atoms with Gasteiger partial charge in [0.15, 0.2) is 0 Å². The van der Waals surface area contributed by atoms with Crippen molar-refractivity contribution in [2.45, 2.75) is 19.4 Å². The summed E-state index contributed by atoms with van der Waals surface area (Å²) < 4.78 is 0. The molecule has 24 heavy (non-hydrogen) atoms. The standard InChI is InChI=1S/C16H19N3O4S/c1-10-3-4-14(20)13(7-10)18-9-11(8-17)15(21)19-12(16(22)23)5-6-24-2/h3-4,7,9,12,18,20H,5-6H2,1-2H3,(H,19,21)(H,22,23)/b11-9-. The van der Waals surface area contributed by atoms with Crippen LogP contribution in [0, 0.1) is 18.3 Å². The Balaban J connectivity index is 2.83. The molecule has 1 rings (SSSR count). The Labute approximate surface area is 144 Å². The number of phenolic OH excluding ortho intramolecular Hbond substituents is 1.